The Morgan fingerprint density at radius 1 is 1.33 bits per heavy atom. The Labute approximate surface area is 125 Å². The van der Waals surface area contributed by atoms with Crippen LogP contribution in [0, 0.1) is 0 Å². The number of hydrogen-bond acceptors (Lipinski definition) is 4. The number of likely N-dealkylation sites (tertiary alicyclic amines) is 1. The van der Waals surface area contributed by atoms with E-state index in [0.717, 1.165) is 18.7 Å². The van der Waals surface area contributed by atoms with Crippen molar-refractivity contribution < 1.29 is 14.3 Å². The first-order chi connectivity index (χ1) is 10.1. The normalized spacial score (nSPS) is 17.8. The molecule has 1 aromatic rings. The van der Waals surface area contributed by atoms with Gasteiger partial charge in [-0.2, -0.15) is 0 Å². The molecule has 1 heterocycles. The number of amides is 1. The Balaban J connectivity index is 1.67. The van der Waals surface area contributed by atoms with Crippen LogP contribution in [0.5, 0.6) is 5.75 Å². The molecular weight excluding hydrogens is 268 g/mol. The lowest BCUT2D eigenvalue weighted by molar-refractivity contribution is -0.130. The number of hydrogen-bond donors (Lipinski definition) is 1. The number of rotatable bonds is 6. The van der Waals surface area contributed by atoms with Gasteiger partial charge in [0, 0.05) is 31.1 Å². The summed E-state index contributed by atoms with van der Waals surface area (Å²) < 4.78 is 5.57. The minimum atomic E-state index is 0.0379. The van der Waals surface area contributed by atoms with Crippen molar-refractivity contribution in [3.05, 3.63) is 29.8 Å². The predicted octanol–water partition coefficient (Wildman–Crippen LogP) is 1.61. The molecule has 5 nitrogen and oxygen atoms in total. The smallest absolute Gasteiger partial charge is 0.222 e. The average molecular weight is 290 g/mol. The molecule has 1 amide bonds. The molecule has 1 aliphatic heterocycles. The molecule has 0 saturated carbocycles. The van der Waals surface area contributed by atoms with Crippen molar-refractivity contribution in [2.45, 2.75) is 32.2 Å². The highest BCUT2D eigenvalue weighted by Gasteiger charge is 2.22. The lowest BCUT2D eigenvalue weighted by Gasteiger charge is -2.15. The van der Waals surface area contributed by atoms with E-state index in [1.165, 1.54) is 6.92 Å². The number of nitrogens with zero attached hydrogens (tertiary/aromatic N) is 1. The average Bonchev–Trinajstić information content (AvgIpc) is 2.90. The number of benzene rings is 1. The van der Waals surface area contributed by atoms with Gasteiger partial charge in [-0.25, -0.2) is 0 Å². The van der Waals surface area contributed by atoms with Gasteiger partial charge in [0.15, 0.2) is 5.78 Å². The van der Waals surface area contributed by atoms with Crippen LogP contribution in [0.4, 0.5) is 0 Å². The second kappa shape index (κ2) is 7.22. The zero-order chi connectivity index (χ0) is 15.2. The quantitative estimate of drug-likeness (QED) is 0.638. The van der Waals surface area contributed by atoms with Crippen molar-refractivity contribution in [3.63, 3.8) is 0 Å². The highest BCUT2D eigenvalue weighted by Crippen LogP contribution is 2.14. The first kappa shape index (κ1) is 15.5. The van der Waals surface area contributed by atoms with Crippen LogP contribution in [-0.2, 0) is 4.79 Å². The first-order valence-electron chi connectivity index (χ1n) is 7.33. The van der Waals surface area contributed by atoms with E-state index < -0.39 is 0 Å². The molecule has 0 spiro atoms. The molecule has 1 saturated heterocycles. The molecule has 0 aromatic heterocycles. The van der Waals surface area contributed by atoms with Crippen LogP contribution in [0.1, 0.15) is 36.5 Å². The zero-order valence-electron chi connectivity index (χ0n) is 12.4. The molecule has 0 unspecified atom stereocenters. The van der Waals surface area contributed by atoms with Crippen LogP contribution in [0.2, 0.25) is 0 Å². The van der Waals surface area contributed by atoms with Crippen molar-refractivity contribution in [1.82, 2.24) is 4.90 Å². The Hall–Kier alpha value is -1.88. The number of ketones is 1. The highest BCUT2D eigenvalue weighted by molar-refractivity contribution is 5.94. The van der Waals surface area contributed by atoms with Crippen molar-refractivity contribution in [3.8, 4) is 5.75 Å². The van der Waals surface area contributed by atoms with Gasteiger partial charge in [-0.05, 0) is 44.0 Å². The summed E-state index contributed by atoms with van der Waals surface area (Å²) >= 11 is 0. The van der Waals surface area contributed by atoms with Crippen LogP contribution in [0.25, 0.3) is 0 Å². The Bertz CT molecular complexity index is 499. The third kappa shape index (κ3) is 4.56. The molecule has 0 radical (unpaired) electrons. The van der Waals surface area contributed by atoms with Crippen LogP contribution >= 0.6 is 0 Å². The maximum atomic E-state index is 11.9. The summed E-state index contributed by atoms with van der Waals surface area (Å²) in [5, 5.41) is 0. The van der Waals surface area contributed by atoms with E-state index in [-0.39, 0.29) is 17.7 Å². The zero-order valence-corrected chi connectivity index (χ0v) is 12.4. The van der Waals surface area contributed by atoms with E-state index in [9.17, 15) is 9.59 Å². The molecule has 0 bridgehead atoms. The second-order valence-electron chi connectivity index (χ2n) is 5.42. The SMILES string of the molecule is CC(=O)c1ccc(OCCCC(=O)N2CC[C@@H](N)C2)cc1. The van der Waals surface area contributed by atoms with Crippen molar-refractivity contribution in [2.75, 3.05) is 19.7 Å². The van der Waals surface area contributed by atoms with Gasteiger partial charge in [0.1, 0.15) is 5.75 Å². The number of nitrogens with two attached hydrogens (primary N) is 1. The number of ether oxygens (including phenoxy) is 1. The number of carbonyl (C=O) groups is 2. The molecule has 2 N–H and O–H groups in total. The van der Waals surface area contributed by atoms with Gasteiger partial charge in [-0.1, -0.05) is 0 Å². The molecule has 0 aliphatic carbocycles. The predicted molar refractivity (Wildman–Crippen MR) is 80.3 cm³/mol. The van der Waals surface area contributed by atoms with Gasteiger partial charge in [0.2, 0.25) is 5.91 Å². The first-order valence-corrected chi connectivity index (χ1v) is 7.33. The van der Waals surface area contributed by atoms with Crippen LogP contribution in [-0.4, -0.2) is 42.3 Å². The summed E-state index contributed by atoms with van der Waals surface area (Å²) in [6.07, 6.45) is 2.06. The van der Waals surface area contributed by atoms with Gasteiger partial charge in [-0.3, -0.25) is 9.59 Å². The third-order valence-corrected chi connectivity index (χ3v) is 3.64. The molecule has 1 fully saturated rings. The summed E-state index contributed by atoms with van der Waals surface area (Å²) in [5.74, 6) is 0.907. The van der Waals surface area contributed by atoms with Gasteiger partial charge in [-0.15, -0.1) is 0 Å². The van der Waals surface area contributed by atoms with E-state index >= 15 is 0 Å². The maximum Gasteiger partial charge on any atom is 0.222 e. The molecule has 21 heavy (non-hydrogen) atoms. The standard InChI is InChI=1S/C16H22N2O3/c1-12(19)13-4-6-15(7-5-13)21-10-2-3-16(20)18-9-8-14(17)11-18/h4-7,14H,2-3,8-11,17H2,1H3/t14-/m1/s1. The monoisotopic (exact) mass is 290 g/mol. The molecule has 1 atom stereocenters. The van der Waals surface area contributed by atoms with E-state index in [1.54, 1.807) is 24.3 Å². The van der Waals surface area contributed by atoms with Gasteiger partial charge >= 0.3 is 0 Å². The maximum absolute atomic E-state index is 11.9. The van der Waals surface area contributed by atoms with Crippen molar-refractivity contribution >= 4 is 11.7 Å². The fourth-order valence-electron chi connectivity index (χ4n) is 2.37. The van der Waals surface area contributed by atoms with Crippen LogP contribution in [0.3, 0.4) is 0 Å². The lowest BCUT2D eigenvalue weighted by Crippen LogP contribution is -2.31. The Morgan fingerprint density at radius 3 is 2.62 bits per heavy atom. The Morgan fingerprint density at radius 2 is 2.05 bits per heavy atom. The summed E-state index contributed by atoms with van der Waals surface area (Å²) in [6, 6.07) is 7.17. The van der Waals surface area contributed by atoms with E-state index in [2.05, 4.69) is 0 Å². The van der Waals surface area contributed by atoms with Crippen molar-refractivity contribution in [1.29, 1.82) is 0 Å². The molecule has 1 aromatic carbocycles. The highest BCUT2D eigenvalue weighted by atomic mass is 16.5. The Kier molecular flexibility index (Phi) is 5.33. The van der Waals surface area contributed by atoms with Crippen molar-refractivity contribution in [2.24, 2.45) is 5.73 Å². The van der Waals surface area contributed by atoms with E-state index in [0.29, 0.717) is 31.6 Å². The molecular formula is C16H22N2O3. The van der Waals surface area contributed by atoms with Crippen LogP contribution < -0.4 is 10.5 Å². The molecule has 114 valence electrons. The summed E-state index contributed by atoms with van der Waals surface area (Å²) in [7, 11) is 0. The largest absolute Gasteiger partial charge is 0.494 e. The fraction of sp³-hybridized carbons (Fsp3) is 0.500. The summed E-state index contributed by atoms with van der Waals surface area (Å²) in [4.78, 5) is 24.9. The third-order valence-electron chi connectivity index (χ3n) is 3.64. The van der Waals surface area contributed by atoms with Crippen LogP contribution in [0.15, 0.2) is 24.3 Å². The summed E-state index contributed by atoms with van der Waals surface area (Å²) in [5.41, 5.74) is 6.45. The minimum absolute atomic E-state index is 0.0379. The lowest BCUT2D eigenvalue weighted by atomic mass is 10.1. The summed E-state index contributed by atoms with van der Waals surface area (Å²) in [6.45, 7) is 3.47. The fourth-order valence-corrected chi connectivity index (χ4v) is 2.37. The van der Waals surface area contributed by atoms with Gasteiger partial charge in [0.25, 0.3) is 0 Å². The topological polar surface area (TPSA) is 72.6 Å². The van der Waals surface area contributed by atoms with Gasteiger partial charge in [0.05, 0.1) is 6.61 Å². The second-order valence-corrected chi connectivity index (χ2v) is 5.42. The van der Waals surface area contributed by atoms with E-state index in [1.807, 2.05) is 4.90 Å². The number of Topliss-reactive ketones (excluding diaryl/α,β-unsaturated/α-hetero) is 1. The van der Waals surface area contributed by atoms with E-state index in [4.69, 9.17) is 10.5 Å². The molecule has 1 aliphatic rings. The molecule has 2 rings (SSSR count). The minimum Gasteiger partial charge on any atom is -0.494 e. The number of carbonyl (C=O) groups excluding carboxylic acids is 2. The molecule has 5 heteroatoms. The van der Waals surface area contributed by atoms with Gasteiger partial charge < -0.3 is 15.4 Å².